The summed E-state index contributed by atoms with van der Waals surface area (Å²) >= 11 is 11.8. The number of carbonyl (C=O) groups excluding carboxylic acids is 1. The SMILES string of the molecule is O=C(COc1ccc(S(=O)(=O)N2CCc3ccccc3C2)cc1Cl)Nc1ccc(Cl)c(C(F)(F)F)c1. The lowest BCUT2D eigenvalue weighted by atomic mass is 10.0. The molecule has 3 aromatic carbocycles. The highest BCUT2D eigenvalue weighted by atomic mass is 35.5. The molecule has 0 spiro atoms. The maximum absolute atomic E-state index is 13.1. The van der Waals surface area contributed by atoms with Gasteiger partial charge in [0.15, 0.2) is 6.61 Å². The van der Waals surface area contributed by atoms with E-state index in [4.69, 9.17) is 27.9 Å². The lowest BCUT2D eigenvalue weighted by Gasteiger charge is -2.28. The van der Waals surface area contributed by atoms with Gasteiger partial charge >= 0.3 is 6.18 Å². The van der Waals surface area contributed by atoms with Crippen LogP contribution in [0.1, 0.15) is 16.7 Å². The Bertz CT molecular complexity index is 1410. The molecule has 0 aromatic heterocycles. The fourth-order valence-corrected chi connectivity index (χ4v) is 5.71. The van der Waals surface area contributed by atoms with Crippen LogP contribution in [0, 0.1) is 0 Å². The number of ether oxygens (including phenoxy) is 1. The number of amides is 1. The number of nitrogens with one attached hydrogen (secondary N) is 1. The van der Waals surface area contributed by atoms with Gasteiger partial charge in [0.05, 0.1) is 20.5 Å². The zero-order chi connectivity index (χ0) is 26.1. The van der Waals surface area contributed by atoms with Gasteiger partial charge < -0.3 is 10.1 Å². The molecule has 1 N–H and O–H groups in total. The molecule has 0 aliphatic carbocycles. The second-order valence-electron chi connectivity index (χ2n) is 7.98. The van der Waals surface area contributed by atoms with Crippen molar-refractivity contribution in [2.45, 2.75) is 24.0 Å². The second-order valence-corrected chi connectivity index (χ2v) is 10.7. The molecule has 4 rings (SSSR count). The van der Waals surface area contributed by atoms with Crippen LogP contribution >= 0.6 is 23.2 Å². The number of nitrogens with zero attached hydrogens (tertiary/aromatic N) is 1. The number of benzene rings is 3. The maximum Gasteiger partial charge on any atom is 0.417 e. The Morgan fingerprint density at radius 3 is 2.42 bits per heavy atom. The minimum Gasteiger partial charge on any atom is -0.482 e. The maximum atomic E-state index is 13.1. The van der Waals surface area contributed by atoms with Crippen molar-refractivity contribution in [3.63, 3.8) is 0 Å². The van der Waals surface area contributed by atoms with Gasteiger partial charge in [-0.05, 0) is 53.9 Å². The number of hydrogen-bond donors (Lipinski definition) is 1. The van der Waals surface area contributed by atoms with E-state index >= 15 is 0 Å². The van der Waals surface area contributed by atoms with E-state index in [-0.39, 0.29) is 27.9 Å². The number of rotatable bonds is 6. The van der Waals surface area contributed by atoms with Gasteiger partial charge in [-0.3, -0.25) is 4.79 Å². The number of sulfonamides is 1. The average molecular weight is 559 g/mol. The lowest BCUT2D eigenvalue weighted by molar-refractivity contribution is -0.137. The Balaban J connectivity index is 1.41. The highest BCUT2D eigenvalue weighted by Crippen LogP contribution is 2.36. The van der Waals surface area contributed by atoms with Crippen LogP contribution in [0.25, 0.3) is 0 Å². The Kier molecular flexibility index (Phi) is 7.51. The van der Waals surface area contributed by atoms with Crippen molar-refractivity contribution in [2.75, 3.05) is 18.5 Å². The number of halogens is 5. The first-order valence-electron chi connectivity index (χ1n) is 10.6. The molecule has 0 saturated heterocycles. The molecule has 0 fully saturated rings. The highest BCUT2D eigenvalue weighted by molar-refractivity contribution is 7.89. The normalized spacial score (nSPS) is 14.2. The minimum atomic E-state index is -4.68. The molecule has 1 aliphatic rings. The van der Waals surface area contributed by atoms with Crippen LogP contribution in [0.5, 0.6) is 5.75 Å². The summed E-state index contributed by atoms with van der Waals surface area (Å²) in [6, 6.07) is 14.5. The molecule has 1 heterocycles. The zero-order valence-electron chi connectivity index (χ0n) is 18.5. The lowest BCUT2D eigenvalue weighted by Crippen LogP contribution is -2.35. The fraction of sp³-hybridized carbons (Fsp3) is 0.208. The average Bonchev–Trinajstić information content (AvgIpc) is 2.83. The molecular formula is C24H19Cl2F3N2O4S. The monoisotopic (exact) mass is 558 g/mol. The second kappa shape index (κ2) is 10.3. The molecule has 36 heavy (non-hydrogen) atoms. The van der Waals surface area contributed by atoms with E-state index in [1.165, 1.54) is 28.6 Å². The zero-order valence-corrected chi connectivity index (χ0v) is 20.8. The van der Waals surface area contributed by atoms with Gasteiger partial charge in [0, 0.05) is 18.8 Å². The van der Waals surface area contributed by atoms with Crippen LogP contribution in [0.4, 0.5) is 18.9 Å². The number of hydrogen-bond acceptors (Lipinski definition) is 4. The number of alkyl halides is 3. The Labute approximate surface area is 215 Å². The molecule has 0 unspecified atom stereocenters. The van der Waals surface area contributed by atoms with Crippen LogP contribution in [0.15, 0.2) is 65.6 Å². The summed E-state index contributed by atoms with van der Waals surface area (Å²) in [6.07, 6.45) is -4.08. The van der Waals surface area contributed by atoms with Gasteiger partial charge in [0.2, 0.25) is 10.0 Å². The summed E-state index contributed by atoms with van der Waals surface area (Å²) in [5.41, 5.74) is 0.848. The van der Waals surface area contributed by atoms with E-state index in [0.717, 1.165) is 17.2 Å². The third kappa shape index (κ3) is 5.78. The molecule has 0 saturated carbocycles. The van der Waals surface area contributed by atoms with Gasteiger partial charge in [-0.15, -0.1) is 0 Å². The minimum absolute atomic E-state index is 0.0236. The Morgan fingerprint density at radius 1 is 1.00 bits per heavy atom. The molecular weight excluding hydrogens is 540 g/mol. The van der Waals surface area contributed by atoms with Crippen molar-refractivity contribution in [2.24, 2.45) is 0 Å². The third-order valence-corrected chi connectivity index (χ3v) is 8.02. The number of fused-ring (bicyclic) bond motifs is 1. The standard InChI is InChI=1S/C24H19Cl2F3N2O4S/c25-20-7-5-17(11-19(20)24(27,28)29)30-23(32)14-35-22-8-6-18(12-21(22)26)36(33,34)31-10-9-15-3-1-2-4-16(15)13-31/h1-8,11-12H,9-10,13-14H2,(H,30,32). The van der Waals surface area contributed by atoms with Crippen LogP contribution in [0.3, 0.4) is 0 Å². The van der Waals surface area contributed by atoms with Crippen LogP contribution in [0.2, 0.25) is 10.0 Å². The fourth-order valence-electron chi connectivity index (χ4n) is 3.74. The van der Waals surface area contributed by atoms with Crippen molar-refractivity contribution in [1.82, 2.24) is 4.31 Å². The molecule has 3 aromatic rings. The van der Waals surface area contributed by atoms with Gasteiger partial charge in [-0.1, -0.05) is 47.5 Å². The first-order chi connectivity index (χ1) is 16.9. The highest BCUT2D eigenvalue weighted by Gasteiger charge is 2.33. The van der Waals surface area contributed by atoms with Crippen molar-refractivity contribution in [3.8, 4) is 5.75 Å². The van der Waals surface area contributed by atoms with Crippen LogP contribution in [-0.2, 0) is 34.0 Å². The molecule has 6 nitrogen and oxygen atoms in total. The van der Waals surface area contributed by atoms with E-state index in [1.54, 1.807) is 0 Å². The summed E-state index contributed by atoms with van der Waals surface area (Å²) in [7, 11) is -3.82. The largest absolute Gasteiger partial charge is 0.482 e. The molecule has 1 amide bonds. The van der Waals surface area contributed by atoms with Gasteiger partial charge in [-0.25, -0.2) is 8.42 Å². The van der Waals surface area contributed by atoms with E-state index in [9.17, 15) is 26.4 Å². The summed E-state index contributed by atoms with van der Waals surface area (Å²) in [5, 5.41) is 1.76. The van der Waals surface area contributed by atoms with Crippen LogP contribution < -0.4 is 10.1 Å². The van der Waals surface area contributed by atoms with Crippen molar-refractivity contribution < 1.29 is 31.1 Å². The van der Waals surface area contributed by atoms with E-state index < -0.39 is 39.3 Å². The Morgan fingerprint density at radius 2 is 1.72 bits per heavy atom. The molecule has 12 heteroatoms. The van der Waals surface area contributed by atoms with Gasteiger partial charge in [0.1, 0.15) is 5.75 Å². The summed E-state index contributed by atoms with van der Waals surface area (Å²) in [5.74, 6) is -0.702. The molecule has 1 aliphatic heterocycles. The van der Waals surface area contributed by atoms with E-state index in [2.05, 4.69) is 5.32 Å². The van der Waals surface area contributed by atoms with Gasteiger partial charge in [-0.2, -0.15) is 17.5 Å². The number of anilines is 1. The first kappa shape index (κ1) is 26.3. The Hall–Kier alpha value is -2.79. The van der Waals surface area contributed by atoms with Crippen molar-refractivity contribution in [3.05, 3.63) is 87.4 Å². The molecule has 0 radical (unpaired) electrons. The predicted octanol–water partition coefficient (Wildman–Crippen LogP) is 5.78. The van der Waals surface area contributed by atoms with Crippen molar-refractivity contribution in [1.29, 1.82) is 0 Å². The predicted molar refractivity (Wildman–Crippen MR) is 130 cm³/mol. The summed E-state index contributed by atoms with van der Waals surface area (Å²) < 4.78 is 72.0. The van der Waals surface area contributed by atoms with E-state index in [1.807, 2.05) is 24.3 Å². The number of carbonyl (C=O) groups is 1. The van der Waals surface area contributed by atoms with Crippen LogP contribution in [-0.4, -0.2) is 31.8 Å². The molecule has 0 atom stereocenters. The quantitative estimate of drug-likeness (QED) is 0.416. The summed E-state index contributed by atoms with van der Waals surface area (Å²) in [6.45, 7) is 0.00411. The molecule has 0 bridgehead atoms. The van der Waals surface area contributed by atoms with Gasteiger partial charge in [0.25, 0.3) is 5.91 Å². The van der Waals surface area contributed by atoms with E-state index in [0.29, 0.717) is 19.0 Å². The smallest absolute Gasteiger partial charge is 0.417 e. The van der Waals surface area contributed by atoms with Crippen molar-refractivity contribution >= 4 is 44.8 Å². The summed E-state index contributed by atoms with van der Waals surface area (Å²) in [4.78, 5) is 12.2. The topological polar surface area (TPSA) is 75.7 Å². The third-order valence-electron chi connectivity index (χ3n) is 5.55. The molecule has 190 valence electrons. The first-order valence-corrected chi connectivity index (χ1v) is 12.8.